The molecule has 5 nitrogen and oxygen atoms in total. The van der Waals surface area contributed by atoms with E-state index >= 15 is 0 Å². The minimum atomic E-state index is -0.673. The van der Waals surface area contributed by atoms with Crippen LogP contribution in [0, 0.1) is 0 Å². The van der Waals surface area contributed by atoms with E-state index in [1.165, 1.54) is 12.1 Å². The van der Waals surface area contributed by atoms with Crippen LogP contribution in [0.15, 0.2) is 43.5 Å². The summed E-state index contributed by atoms with van der Waals surface area (Å²) in [6, 6.07) is 4.71. The molecule has 20 heavy (non-hydrogen) atoms. The van der Waals surface area contributed by atoms with Gasteiger partial charge >= 0.3 is 11.9 Å². The zero-order valence-electron chi connectivity index (χ0n) is 10.8. The maximum absolute atomic E-state index is 11.3. The highest BCUT2D eigenvalue weighted by atomic mass is 16.6. The van der Waals surface area contributed by atoms with Gasteiger partial charge in [0.1, 0.15) is 6.29 Å². The smallest absolute Gasteiger partial charge is 0.335 e. The Hall–Kier alpha value is -2.69. The fourth-order valence-corrected chi connectivity index (χ4v) is 1.40. The third-order valence-corrected chi connectivity index (χ3v) is 2.31. The van der Waals surface area contributed by atoms with Crippen LogP contribution in [-0.2, 0) is 20.8 Å². The van der Waals surface area contributed by atoms with E-state index in [1.54, 1.807) is 6.07 Å². The monoisotopic (exact) mass is 274 g/mol. The zero-order chi connectivity index (χ0) is 15.0. The highest BCUT2D eigenvalue weighted by molar-refractivity contribution is 5.86. The molecule has 0 spiro atoms. The Morgan fingerprint density at radius 3 is 2.20 bits per heavy atom. The average Bonchev–Trinajstić information content (AvgIpc) is 2.46. The zero-order valence-corrected chi connectivity index (χ0v) is 10.8. The van der Waals surface area contributed by atoms with Gasteiger partial charge in [-0.1, -0.05) is 19.2 Å². The molecule has 0 aliphatic rings. The second-order valence-corrected chi connectivity index (χ2v) is 3.74. The van der Waals surface area contributed by atoms with Gasteiger partial charge in [0.05, 0.1) is 0 Å². The summed E-state index contributed by atoms with van der Waals surface area (Å²) >= 11 is 0. The van der Waals surface area contributed by atoms with Crippen LogP contribution in [0.3, 0.4) is 0 Å². The topological polar surface area (TPSA) is 69.7 Å². The molecule has 104 valence electrons. The normalized spacial score (nSPS) is 9.40. The first-order valence-electron chi connectivity index (χ1n) is 5.85. The Balaban J connectivity index is 3.04. The lowest BCUT2D eigenvalue weighted by Gasteiger charge is -2.10. The molecule has 0 heterocycles. The Morgan fingerprint density at radius 1 is 1.05 bits per heavy atom. The number of benzene rings is 1. The molecule has 0 aliphatic carbocycles. The molecule has 0 unspecified atom stereocenters. The third kappa shape index (κ3) is 4.53. The van der Waals surface area contributed by atoms with E-state index in [1.807, 2.05) is 0 Å². The Kier molecular flexibility index (Phi) is 5.90. The van der Waals surface area contributed by atoms with Crippen molar-refractivity contribution in [3.63, 3.8) is 0 Å². The number of ether oxygens (including phenoxy) is 2. The predicted octanol–water partition coefficient (Wildman–Crippen LogP) is 2.00. The van der Waals surface area contributed by atoms with Crippen molar-refractivity contribution in [2.75, 3.05) is 0 Å². The summed E-state index contributed by atoms with van der Waals surface area (Å²) in [6.45, 7) is 6.58. The summed E-state index contributed by atoms with van der Waals surface area (Å²) in [5.41, 5.74) is 0.780. The maximum atomic E-state index is 11.3. The summed E-state index contributed by atoms with van der Waals surface area (Å²) in [5.74, 6) is -1.15. The minimum Gasteiger partial charge on any atom is -0.419 e. The molecule has 1 rings (SSSR count). The second-order valence-electron chi connectivity index (χ2n) is 3.74. The van der Waals surface area contributed by atoms with Gasteiger partial charge in [0.25, 0.3) is 0 Å². The molecular weight excluding hydrogens is 260 g/mol. The molecule has 0 radical (unpaired) electrons. The van der Waals surface area contributed by atoms with Crippen LogP contribution < -0.4 is 9.47 Å². The molecule has 0 atom stereocenters. The highest BCUT2D eigenvalue weighted by Crippen LogP contribution is 2.29. The number of esters is 2. The lowest BCUT2D eigenvalue weighted by Crippen LogP contribution is -2.09. The van der Waals surface area contributed by atoms with Crippen molar-refractivity contribution in [2.45, 2.75) is 12.8 Å². The standard InChI is InChI=1S/C15H14O5/c1-3-14(17)19-12-8-7-11(6-5-9-16)10-13(12)20-15(18)4-2/h3-4,7-10H,1-2,5-6H2. The van der Waals surface area contributed by atoms with E-state index < -0.39 is 11.9 Å². The van der Waals surface area contributed by atoms with Gasteiger partial charge in [-0.25, -0.2) is 9.59 Å². The van der Waals surface area contributed by atoms with Crippen molar-refractivity contribution in [3.8, 4) is 11.5 Å². The molecule has 0 saturated heterocycles. The van der Waals surface area contributed by atoms with Crippen LogP contribution in [-0.4, -0.2) is 18.2 Å². The van der Waals surface area contributed by atoms with Gasteiger partial charge in [-0.2, -0.15) is 0 Å². The predicted molar refractivity (Wildman–Crippen MR) is 72.5 cm³/mol. The number of aldehydes is 1. The van der Waals surface area contributed by atoms with Crippen molar-refractivity contribution in [3.05, 3.63) is 49.1 Å². The number of hydrogen-bond acceptors (Lipinski definition) is 5. The van der Waals surface area contributed by atoms with Crippen molar-refractivity contribution in [1.82, 2.24) is 0 Å². The minimum absolute atomic E-state index is 0.0912. The molecular formula is C15H14O5. The van der Waals surface area contributed by atoms with Gasteiger partial charge in [-0.15, -0.1) is 0 Å². The maximum Gasteiger partial charge on any atom is 0.335 e. The van der Waals surface area contributed by atoms with Crippen LogP contribution in [0.4, 0.5) is 0 Å². The number of aryl methyl sites for hydroxylation is 1. The Morgan fingerprint density at radius 2 is 1.65 bits per heavy atom. The molecule has 0 saturated carbocycles. The quantitative estimate of drug-likeness (QED) is 0.329. The van der Waals surface area contributed by atoms with Gasteiger partial charge in [0.15, 0.2) is 11.5 Å². The lowest BCUT2D eigenvalue weighted by molar-refractivity contribution is -0.131. The summed E-state index contributed by atoms with van der Waals surface area (Å²) < 4.78 is 9.97. The van der Waals surface area contributed by atoms with E-state index in [4.69, 9.17) is 9.47 Å². The Bertz CT molecular complexity index is 545. The van der Waals surface area contributed by atoms with Crippen LogP contribution >= 0.6 is 0 Å². The number of rotatable bonds is 7. The summed E-state index contributed by atoms with van der Waals surface area (Å²) in [5, 5.41) is 0. The number of hydrogen-bond donors (Lipinski definition) is 0. The largest absolute Gasteiger partial charge is 0.419 e. The summed E-state index contributed by atoms with van der Waals surface area (Å²) in [6.07, 6.45) is 3.64. The van der Waals surface area contributed by atoms with Crippen molar-refractivity contribution >= 4 is 18.2 Å². The van der Waals surface area contributed by atoms with Crippen molar-refractivity contribution in [2.24, 2.45) is 0 Å². The van der Waals surface area contributed by atoms with Crippen LogP contribution in [0.5, 0.6) is 11.5 Å². The van der Waals surface area contributed by atoms with Gasteiger partial charge in [0, 0.05) is 18.6 Å². The fraction of sp³-hybridized carbons (Fsp3) is 0.133. The van der Waals surface area contributed by atoms with Gasteiger partial charge in [-0.3, -0.25) is 0 Å². The van der Waals surface area contributed by atoms with E-state index in [2.05, 4.69) is 13.2 Å². The van der Waals surface area contributed by atoms with Crippen molar-refractivity contribution < 1.29 is 23.9 Å². The molecule has 0 aromatic heterocycles. The van der Waals surface area contributed by atoms with Crippen molar-refractivity contribution in [1.29, 1.82) is 0 Å². The van der Waals surface area contributed by atoms with Gasteiger partial charge < -0.3 is 14.3 Å². The molecule has 5 heteroatoms. The molecule has 1 aromatic rings. The second kappa shape index (κ2) is 7.68. The van der Waals surface area contributed by atoms with E-state index in [9.17, 15) is 14.4 Å². The average molecular weight is 274 g/mol. The van der Waals surface area contributed by atoms with E-state index in [0.717, 1.165) is 24.0 Å². The lowest BCUT2D eigenvalue weighted by atomic mass is 10.1. The molecule has 1 aromatic carbocycles. The Labute approximate surface area is 116 Å². The van der Waals surface area contributed by atoms with Crippen LogP contribution in [0.2, 0.25) is 0 Å². The first-order valence-corrected chi connectivity index (χ1v) is 5.85. The first kappa shape index (κ1) is 15.4. The summed E-state index contributed by atoms with van der Waals surface area (Å²) in [4.78, 5) is 32.8. The van der Waals surface area contributed by atoms with Crippen LogP contribution in [0.25, 0.3) is 0 Å². The molecule has 0 amide bonds. The van der Waals surface area contributed by atoms with Gasteiger partial charge in [0.2, 0.25) is 0 Å². The van der Waals surface area contributed by atoms with Crippen LogP contribution in [0.1, 0.15) is 12.0 Å². The highest BCUT2D eigenvalue weighted by Gasteiger charge is 2.12. The summed E-state index contributed by atoms with van der Waals surface area (Å²) in [7, 11) is 0. The fourth-order valence-electron chi connectivity index (χ4n) is 1.40. The first-order chi connectivity index (χ1) is 9.60. The third-order valence-electron chi connectivity index (χ3n) is 2.31. The van der Waals surface area contributed by atoms with Gasteiger partial charge in [-0.05, 0) is 24.1 Å². The molecule has 0 bridgehead atoms. The molecule has 0 fully saturated rings. The number of carbonyl (C=O) groups excluding carboxylic acids is 3. The molecule has 0 N–H and O–H groups in total. The van der Waals surface area contributed by atoms with E-state index in [-0.39, 0.29) is 11.5 Å². The SMILES string of the molecule is C=CC(=O)Oc1ccc(CCC=O)cc1OC(=O)C=C. The van der Waals surface area contributed by atoms with E-state index in [0.29, 0.717) is 12.8 Å². The molecule has 0 aliphatic heterocycles. The number of carbonyl (C=O) groups is 3.